The van der Waals surface area contributed by atoms with E-state index in [1.807, 2.05) is 0 Å². The fourth-order valence-electron chi connectivity index (χ4n) is 3.10. The number of amides is 1. The van der Waals surface area contributed by atoms with Crippen LogP contribution in [0.1, 0.15) is 21.5 Å². The summed E-state index contributed by atoms with van der Waals surface area (Å²) >= 11 is 0. The lowest BCUT2D eigenvalue weighted by molar-refractivity contribution is -0.137. The van der Waals surface area contributed by atoms with E-state index in [-0.39, 0.29) is 16.8 Å². The molecule has 9 heteroatoms. The number of rotatable bonds is 5. The molecule has 0 spiro atoms. The van der Waals surface area contributed by atoms with Gasteiger partial charge in [0.2, 0.25) is 5.91 Å². The molecule has 0 unspecified atom stereocenters. The summed E-state index contributed by atoms with van der Waals surface area (Å²) in [7, 11) is 1.24. The van der Waals surface area contributed by atoms with E-state index in [9.17, 15) is 22.8 Å². The molecule has 0 bridgehead atoms. The van der Waals surface area contributed by atoms with E-state index in [2.05, 4.69) is 10.2 Å². The standard InChI is InChI=1S/C22H21F3N2O4/c1-30-21(29)18-14-17(27-9-11-31-12-10-27)6-7-19(18)26-20(28)8-5-15-3-2-4-16(13-15)22(23,24)25/h2-8,13-14H,9-12H2,1H3,(H,26,28)/b8-5+. The van der Waals surface area contributed by atoms with Crippen molar-refractivity contribution >= 4 is 29.3 Å². The highest BCUT2D eigenvalue weighted by Crippen LogP contribution is 2.30. The van der Waals surface area contributed by atoms with Gasteiger partial charge in [-0.3, -0.25) is 4.79 Å². The van der Waals surface area contributed by atoms with Crippen LogP contribution >= 0.6 is 0 Å². The fourth-order valence-corrected chi connectivity index (χ4v) is 3.10. The summed E-state index contributed by atoms with van der Waals surface area (Å²) in [4.78, 5) is 26.6. The van der Waals surface area contributed by atoms with E-state index < -0.39 is 23.6 Å². The lowest BCUT2D eigenvalue weighted by Crippen LogP contribution is -2.36. The van der Waals surface area contributed by atoms with Crippen molar-refractivity contribution in [3.63, 3.8) is 0 Å². The average molecular weight is 434 g/mol. The SMILES string of the molecule is COC(=O)c1cc(N2CCOCC2)ccc1NC(=O)/C=C/c1cccc(C(F)(F)F)c1. The van der Waals surface area contributed by atoms with Crippen LogP contribution in [-0.2, 0) is 20.4 Å². The highest BCUT2D eigenvalue weighted by molar-refractivity contribution is 6.06. The maximum absolute atomic E-state index is 12.8. The molecule has 31 heavy (non-hydrogen) atoms. The van der Waals surface area contributed by atoms with Crippen molar-refractivity contribution in [1.29, 1.82) is 0 Å². The summed E-state index contributed by atoms with van der Waals surface area (Å²) in [5.74, 6) is -1.21. The van der Waals surface area contributed by atoms with Crippen molar-refractivity contribution in [2.75, 3.05) is 43.6 Å². The zero-order chi connectivity index (χ0) is 22.4. The van der Waals surface area contributed by atoms with Gasteiger partial charge in [0.15, 0.2) is 0 Å². The first-order valence-corrected chi connectivity index (χ1v) is 9.49. The van der Waals surface area contributed by atoms with Crippen molar-refractivity contribution in [3.8, 4) is 0 Å². The Labute approximate surface area is 177 Å². The minimum atomic E-state index is -4.47. The molecule has 0 radical (unpaired) electrons. The third kappa shape index (κ3) is 5.85. The third-order valence-electron chi connectivity index (χ3n) is 4.68. The molecule has 1 amide bonds. The van der Waals surface area contributed by atoms with Gasteiger partial charge in [-0.25, -0.2) is 4.79 Å². The van der Waals surface area contributed by atoms with Crippen molar-refractivity contribution in [1.82, 2.24) is 0 Å². The monoisotopic (exact) mass is 434 g/mol. The molecular weight excluding hydrogens is 413 g/mol. The zero-order valence-corrected chi connectivity index (χ0v) is 16.7. The van der Waals surface area contributed by atoms with Gasteiger partial charge in [0.05, 0.1) is 37.1 Å². The van der Waals surface area contributed by atoms with E-state index in [0.717, 1.165) is 23.9 Å². The molecule has 0 atom stereocenters. The number of morpholine rings is 1. The normalized spacial score (nSPS) is 14.5. The van der Waals surface area contributed by atoms with Crippen LogP contribution < -0.4 is 10.2 Å². The van der Waals surface area contributed by atoms with Crippen LogP contribution in [0.2, 0.25) is 0 Å². The van der Waals surface area contributed by atoms with Crippen LogP contribution in [-0.4, -0.2) is 45.3 Å². The Morgan fingerprint density at radius 1 is 1.13 bits per heavy atom. The predicted octanol–water partition coefficient (Wildman–Crippen LogP) is 3.98. The van der Waals surface area contributed by atoms with Gasteiger partial charge >= 0.3 is 12.1 Å². The van der Waals surface area contributed by atoms with Crippen LogP contribution in [0.15, 0.2) is 48.5 Å². The summed E-state index contributed by atoms with van der Waals surface area (Å²) in [5, 5.41) is 2.58. The van der Waals surface area contributed by atoms with Crippen LogP contribution in [0, 0.1) is 0 Å². The van der Waals surface area contributed by atoms with Crippen molar-refractivity contribution in [2.45, 2.75) is 6.18 Å². The molecule has 3 rings (SSSR count). The number of anilines is 2. The van der Waals surface area contributed by atoms with Gasteiger partial charge in [0.25, 0.3) is 0 Å². The molecular formula is C22H21F3N2O4. The van der Waals surface area contributed by atoms with Gasteiger partial charge in [-0.1, -0.05) is 12.1 Å². The first kappa shape index (κ1) is 22.4. The smallest absolute Gasteiger partial charge is 0.416 e. The van der Waals surface area contributed by atoms with E-state index in [0.29, 0.717) is 26.3 Å². The van der Waals surface area contributed by atoms with E-state index in [4.69, 9.17) is 9.47 Å². The highest BCUT2D eigenvalue weighted by Gasteiger charge is 2.30. The van der Waals surface area contributed by atoms with Gasteiger partial charge in [-0.05, 0) is 42.0 Å². The number of nitrogens with one attached hydrogen (secondary N) is 1. The number of alkyl halides is 3. The lowest BCUT2D eigenvalue weighted by atomic mass is 10.1. The summed E-state index contributed by atoms with van der Waals surface area (Å²) in [6.45, 7) is 2.50. The van der Waals surface area contributed by atoms with Gasteiger partial charge in [0.1, 0.15) is 0 Å². The summed E-state index contributed by atoms with van der Waals surface area (Å²) in [6, 6.07) is 9.60. The first-order valence-electron chi connectivity index (χ1n) is 9.49. The lowest BCUT2D eigenvalue weighted by Gasteiger charge is -2.29. The number of hydrogen-bond acceptors (Lipinski definition) is 5. The van der Waals surface area contributed by atoms with Gasteiger partial charge in [-0.15, -0.1) is 0 Å². The third-order valence-corrected chi connectivity index (χ3v) is 4.68. The number of carbonyl (C=O) groups is 2. The van der Waals surface area contributed by atoms with E-state index in [1.165, 1.54) is 25.3 Å². The Morgan fingerprint density at radius 3 is 2.55 bits per heavy atom. The van der Waals surface area contributed by atoms with Crippen LogP contribution in [0.25, 0.3) is 6.08 Å². The average Bonchev–Trinajstić information content (AvgIpc) is 2.77. The predicted molar refractivity (Wildman–Crippen MR) is 110 cm³/mol. The quantitative estimate of drug-likeness (QED) is 0.570. The first-order chi connectivity index (χ1) is 14.8. The Morgan fingerprint density at radius 2 is 1.87 bits per heavy atom. The molecule has 2 aromatic rings. The molecule has 1 N–H and O–H groups in total. The molecule has 1 fully saturated rings. The molecule has 6 nitrogen and oxygen atoms in total. The Kier molecular flexibility index (Phi) is 6.96. The van der Waals surface area contributed by atoms with E-state index >= 15 is 0 Å². The molecule has 1 heterocycles. The van der Waals surface area contributed by atoms with Crippen LogP contribution in [0.4, 0.5) is 24.5 Å². The van der Waals surface area contributed by atoms with Gasteiger partial charge < -0.3 is 19.7 Å². The second-order valence-corrected chi connectivity index (χ2v) is 6.77. The molecule has 1 aliphatic rings. The number of esters is 1. The maximum Gasteiger partial charge on any atom is 0.416 e. The highest BCUT2D eigenvalue weighted by atomic mass is 19.4. The fraction of sp³-hybridized carbons (Fsp3) is 0.273. The molecule has 0 saturated carbocycles. The van der Waals surface area contributed by atoms with Crippen molar-refractivity contribution in [2.24, 2.45) is 0 Å². The Bertz CT molecular complexity index is 983. The Hall–Kier alpha value is -3.33. The van der Waals surface area contributed by atoms with Crippen molar-refractivity contribution in [3.05, 3.63) is 65.2 Å². The van der Waals surface area contributed by atoms with Crippen LogP contribution in [0.3, 0.4) is 0 Å². The van der Waals surface area contributed by atoms with E-state index in [1.54, 1.807) is 18.2 Å². The second-order valence-electron chi connectivity index (χ2n) is 6.77. The topological polar surface area (TPSA) is 67.9 Å². The number of halogens is 3. The molecule has 0 aromatic heterocycles. The molecule has 1 saturated heterocycles. The van der Waals surface area contributed by atoms with Crippen molar-refractivity contribution < 1.29 is 32.2 Å². The number of nitrogens with zero attached hydrogens (tertiary/aromatic N) is 1. The summed E-state index contributed by atoms with van der Waals surface area (Å²) in [5.41, 5.74) is 0.624. The van der Waals surface area contributed by atoms with Crippen LogP contribution in [0.5, 0.6) is 0 Å². The zero-order valence-electron chi connectivity index (χ0n) is 16.7. The minimum Gasteiger partial charge on any atom is -0.465 e. The van der Waals surface area contributed by atoms with Gasteiger partial charge in [0, 0.05) is 24.9 Å². The molecule has 0 aliphatic carbocycles. The summed E-state index contributed by atoms with van der Waals surface area (Å²) in [6.07, 6.45) is -2.10. The Balaban J connectivity index is 1.77. The molecule has 1 aliphatic heterocycles. The molecule has 2 aromatic carbocycles. The number of hydrogen-bond donors (Lipinski definition) is 1. The number of benzene rings is 2. The molecule has 164 valence electrons. The minimum absolute atomic E-state index is 0.173. The number of ether oxygens (including phenoxy) is 2. The number of methoxy groups -OCH3 is 1. The maximum atomic E-state index is 12.8. The summed E-state index contributed by atoms with van der Waals surface area (Å²) < 4.78 is 48.6. The largest absolute Gasteiger partial charge is 0.465 e. The van der Waals surface area contributed by atoms with Gasteiger partial charge in [-0.2, -0.15) is 13.2 Å². The second kappa shape index (κ2) is 9.65. The number of carbonyl (C=O) groups excluding carboxylic acids is 2.